The van der Waals surface area contributed by atoms with E-state index >= 15 is 0 Å². The maximum Gasteiger partial charge on any atom is 0.0707 e. The van der Waals surface area contributed by atoms with E-state index < -0.39 is 0 Å². The molecule has 0 aromatic rings. The van der Waals surface area contributed by atoms with Crippen molar-refractivity contribution in [3.63, 3.8) is 0 Å². The van der Waals surface area contributed by atoms with Gasteiger partial charge in [-0.25, -0.2) is 0 Å². The minimum atomic E-state index is 0.0679. The molecule has 0 radical (unpaired) electrons. The molecule has 3 heteroatoms. The molecule has 2 N–H and O–H groups in total. The van der Waals surface area contributed by atoms with E-state index in [0.29, 0.717) is 24.7 Å². The third-order valence-corrected chi connectivity index (χ3v) is 4.06. The lowest BCUT2D eigenvalue weighted by Crippen LogP contribution is -2.39. The zero-order valence-corrected chi connectivity index (χ0v) is 10.5. The Balaban J connectivity index is 1.71. The van der Waals surface area contributed by atoms with Crippen molar-refractivity contribution in [2.24, 2.45) is 5.92 Å². The Hall–Kier alpha value is -0.120. The van der Waals surface area contributed by atoms with Crippen LogP contribution < -0.4 is 5.32 Å². The summed E-state index contributed by atoms with van der Waals surface area (Å²) in [5, 5.41) is 12.8. The van der Waals surface area contributed by atoms with E-state index in [-0.39, 0.29) is 5.60 Å². The van der Waals surface area contributed by atoms with Crippen LogP contribution in [0, 0.1) is 5.92 Å². The maximum absolute atomic E-state index is 9.24. The van der Waals surface area contributed by atoms with Crippen LogP contribution in [0.25, 0.3) is 0 Å². The summed E-state index contributed by atoms with van der Waals surface area (Å²) in [6.07, 6.45) is 6.33. The summed E-state index contributed by atoms with van der Waals surface area (Å²) in [6, 6.07) is 0.511. The molecule has 0 spiro atoms. The van der Waals surface area contributed by atoms with Crippen LogP contribution in [0.5, 0.6) is 0 Å². The summed E-state index contributed by atoms with van der Waals surface area (Å²) in [6.45, 7) is 5.61. The van der Waals surface area contributed by atoms with Gasteiger partial charge >= 0.3 is 0 Å². The van der Waals surface area contributed by atoms with E-state index in [1.807, 2.05) is 0 Å². The van der Waals surface area contributed by atoms with Crippen molar-refractivity contribution in [1.29, 1.82) is 0 Å². The fourth-order valence-electron chi connectivity index (χ4n) is 3.03. The highest BCUT2D eigenvalue weighted by Crippen LogP contribution is 2.30. The van der Waals surface area contributed by atoms with Crippen LogP contribution in [0.1, 0.15) is 46.0 Å². The SMILES string of the molecule is CC1(C)CCC(CNC2CCCC2CO)O1. The van der Waals surface area contributed by atoms with Crippen molar-refractivity contribution >= 4 is 0 Å². The van der Waals surface area contributed by atoms with Crippen molar-refractivity contribution in [1.82, 2.24) is 5.32 Å². The predicted octanol–water partition coefficient (Wildman–Crippen LogP) is 1.69. The second-order valence-electron chi connectivity index (χ2n) is 5.93. The molecule has 3 nitrogen and oxygen atoms in total. The van der Waals surface area contributed by atoms with E-state index in [2.05, 4.69) is 19.2 Å². The number of aliphatic hydroxyl groups is 1. The van der Waals surface area contributed by atoms with E-state index in [0.717, 1.165) is 19.4 Å². The van der Waals surface area contributed by atoms with Gasteiger partial charge in [-0.3, -0.25) is 0 Å². The van der Waals surface area contributed by atoms with Crippen molar-refractivity contribution in [2.45, 2.75) is 63.7 Å². The summed E-state index contributed by atoms with van der Waals surface area (Å²) in [5.41, 5.74) is 0.0679. The Morgan fingerprint density at radius 2 is 2.12 bits per heavy atom. The second-order valence-corrected chi connectivity index (χ2v) is 5.93. The van der Waals surface area contributed by atoms with Gasteiger partial charge in [-0.15, -0.1) is 0 Å². The van der Waals surface area contributed by atoms with Gasteiger partial charge in [0.25, 0.3) is 0 Å². The number of aliphatic hydroxyl groups excluding tert-OH is 1. The topological polar surface area (TPSA) is 41.5 Å². The summed E-state index contributed by atoms with van der Waals surface area (Å²) >= 11 is 0. The highest BCUT2D eigenvalue weighted by atomic mass is 16.5. The molecule has 16 heavy (non-hydrogen) atoms. The monoisotopic (exact) mass is 227 g/mol. The van der Waals surface area contributed by atoms with Gasteiger partial charge in [0.05, 0.1) is 11.7 Å². The van der Waals surface area contributed by atoms with Crippen LogP contribution >= 0.6 is 0 Å². The maximum atomic E-state index is 9.24. The van der Waals surface area contributed by atoms with Gasteiger partial charge in [0.1, 0.15) is 0 Å². The van der Waals surface area contributed by atoms with Crippen LogP contribution in [0.3, 0.4) is 0 Å². The normalized spacial score (nSPS) is 38.1. The first-order valence-corrected chi connectivity index (χ1v) is 6.63. The molecular formula is C13H25NO2. The molecule has 3 atom stereocenters. The van der Waals surface area contributed by atoms with E-state index in [1.54, 1.807) is 0 Å². The number of rotatable bonds is 4. The van der Waals surface area contributed by atoms with E-state index in [1.165, 1.54) is 19.3 Å². The van der Waals surface area contributed by atoms with Crippen molar-refractivity contribution in [2.75, 3.05) is 13.2 Å². The summed E-state index contributed by atoms with van der Waals surface area (Å²) in [5.74, 6) is 0.467. The molecule has 1 saturated heterocycles. The summed E-state index contributed by atoms with van der Waals surface area (Å²) in [7, 11) is 0. The van der Waals surface area contributed by atoms with Crippen LogP contribution in [0.4, 0.5) is 0 Å². The Labute approximate surface area is 98.6 Å². The molecule has 2 rings (SSSR count). The van der Waals surface area contributed by atoms with Gasteiger partial charge in [0.15, 0.2) is 0 Å². The lowest BCUT2D eigenvalue weighted by Gasteiger charge is -2.23. The summed E-state index contributed by atoms with van der Waals surface area (Å²) < 4.78 is 5.95. The summed E-state index contributed by atoms with van der Waals surface area (Å²) in [4.78, 5) is 0. The molecule has 1 aliphatic carbocycles. The smallest absolute Gasteiger partial charge is 0.0707 e. The van der Waals surface area contributed by atoms with Crippen LogP contribution in [-0.4, -0.2) is 36.0 Å². The molecule has 1 aliphatic heterocycles. The minimum Gasteiger partial charge on any atom is -0.396 e. The van der Waals surface area contributed by atoms with Crippen molar-refractivity contribution in [3.05, 3.63) is 0 Å². The molecule has 0 amide bonds. The number of ether oxygens (including phenoxy) is 1. The first-order valence-electron chi connectivity index (χ1n) is 6.63. The number of hydrogen-bond acceptors (Lipinski definition) is 3. The first kappa shape index (κ1) is 12.3. The molecule has 1 heterocycles. The Bertz CT molecular complexity index is 230. The van der Waals surface area contributed by atoms with Gasteiger partial charge in [-0.1, -0.05) is 6.42 Å². The van der Waals surface area contributed by atoms with Gasteiger partial charge in [0.2, 0.25) is 0 Å². The molecule has 0 aromatic carbocycles. The number of hydrogen-bond donors (Lipinski definition) is 2. The van der Waals surface area contributed by atoms with Gasteiger partial charge < -0.3 is 15.2 Å². The van der Waals surface area contributed by atoms with Gasteiger partial charge in [-0.2, -0.15) is 0 Å². The minimum absolute atomic E-state index is 0.0679. The average molecular weight is 227 g/mol. The van der Waals surface area contributed by atoms with E-state index in [9.17, 15) is 5.11 Å². The Kier molecular flexibility index (Phi) is 3.88. The highest BCUT2D eigenvalue weighted by Gasteiger charge is 2.33. The predicted molar refractivity (Wildman–Crippen MR) is 64.4 cm³/mol. The van der Waals surface area contributed by atoms with Crippen LogP contribution in [0.2, 0.25) is 0 Å². The lowest BCUT2D eigenvalue weighted by molar-refractivity contribution is -0.0158. The molecule has 1 saturated carbocycles. The average Bonchev–Trinajstić information content (AvgIpc) is 2.81. The zero-order valence-electron chi connectivity index (χ0n) is 10.5. The Morgan fingerprint density at radius 1 is 1.31 bits per heavy atom. The fraction of sp³-hybridized carbons (Fsp3) is 1.00. The second kappa shape index (κ2) is 5.03. The lowest BCUT2D eigenvalue weighted by atomic mass is 10.0. The molecule has 0 aromatic heterocycles. The first-order chi connectivity index (χ1) is 7.61. The third kappa shape index (κ3) is 2.96. The Morgan fingerprint density at radius 3 is 2.75 bits per heavy atom. The molecule has 2 fully saturated rings. The molecule has 2 aliphatic rings. The van der Waals surface area contributed by atoms with Gasteiger partial charge in [-0.05, 0) is 45.4 Å². The quantitative estimate of drug-likeness (QED) is 0.768. The fourth-order valence-corrected chi connectivity index (χ4v) is 3.03. The van der Waals surface area contributed by atoms with Crippen molar-refractivity contribution in [3.8, 4) is 0 Å². The zero-order chi connectivity index (χ0) is 11.6. The van der Waals surface area contributed by atoms with Crippen LogP contribution in [0.15, 0.2) is 0 Å². The highest BCUT2D eigenvalue weighted by molar-refractivity contribution is 4.86. The van der Waals surface area contributed by atoms with Gasteiger partial charge in [0, 0.05) is 19.2 Å². The standard InChI is InChI=1S/C13H25NO2/c1-13(2)7-6-11(16-13)8-14-12-5-3-4-10(12)9-15/h10-12,14-15H,3-9H2,1-2H3. The molecule has 3 unspecified atom stereocenters. The molecule has 0 bridgehead atoms. The number of nitrogens with one attached hydrogen (secondary N) is 1. The third-order valence-electron chi connectivity index (χ3n) is 4.06. The van der Waals surface area contributed by atoms with Crippen LogP contribution in [-0.2, 0) is 4.74 Å². The molecular weight excluding hydrogens is 202 g/mol. The largest absolute Gasteiger partial charge is 0.396 e. The molecule has 94 valence electrons. The van der Waals surface area contributed by atoms with E-state index in [4.69, 9.17) is 4.74 Å². The van der Waals surface area contributed by atoms with Crippen molar-refractivity contribution < 1.29 is 9.84 Å².